The maximum absolute atomic E-state index is 13.3. The highest BCUT2D eigenvalue weighted by Crippen LogP contribution is 2.34. The molecule has 0 aliphatic rings. The molecule has 1 amide bonds. The van der Waals surface area contributed by atoms with E-state index in [0.717, 1.165) is 34.3 Å². The number of carbonyl (C=O) groups excluding carboxylic acids is 1. The molecule has 186 valence electrons. The summed E-state index contributed by atoms with van der Waals surface area (Å²) in [7, 11) is 3.32. The van der Waals surface area contributed by atoms with Crippen molar-refractivity contribution in [2.24, 2.45) is 0 Å². The fraction of sp³-hybridized carbons (Fsp3) is 0.185. The number of ether oxygens (including phenoxy) is 1. The first-order valence-electron chi connectivity index (χ1n) is 11.2. The average molecular weight is 495 g/mol. The standard InChI is InChI=1S/C27H25F3N4O2/c1-33(18-25(35)31-24-11-7-6-10-23(24)27(28,29)30)16-20-17-34(21-8-4-3-5-9-21)32-26(20)19-12-14-22(36-2)15-13-19/h3-15,17H,16,18H2,1-2H3,(H,31,35). The molecule has 0 fully saturated rings. The molecule has 1 heterocycles. The molecule has 36 heavy (non-hydrogen) atoms. The van der Waals surface area contributed by atoms with Crippen LogP contribution in [0.4, 0.5) is 18.9 Å². The lowest BCUT2D eigenvalue weighted by molar-refractivity contribution is -0.137. The van der Waals surface area contributed by atoms with Crippen molar-refractivity contribution in [2.45, 2.75) is 12.7 Å². The number of anilines is 1. The van der Waals surface area contributed by atoms with Crippen LogP contribution in [0.3, 0.4) is 0 Å². The van der Waals surface area contributed by atoms with Gasteiger partial charge in [-0.1, -0.05) is 30.3 Å². The molecule has 4 aromatic rings. The second kappa shape index (κ2) is 10.7. The van der Waals surface area contributed by atoms with Crippen molar-refractivity contribution in [1.29, 1.82) is 0 Å². The zero-order chi connectivity index (χ0) is 25.7. The van der Waals surface area contributed by atoms with Crippen molar-refractivity contribution in [3.63, 3.8) is 0 Å². The summed E-state index contributed by atoms with van der Waals surface area (Å²) < 4.78 is 46.8. The van der Waals surface area contributed by atoms with E-state index in [1.165, 1.54) is 18.2 Å². The number of nitrogens with one attached hydrogen (secondary N) is 1. The van der Waals surface area contributed by atoms with Gasteiger partial charge in [-0.3, -0.25) is 9.69 Å². The normalized spacial score (nSPS) is 11.5. The van der Waals surface area contributed by atoms with Crippen LogP contribution in [0.25, 0.3) is 16.9 Å². The first-order valence-corrected chi connectivity index (χ1v) is 11.2. The number of rotatable bonds is 8. The van der Waals surface area contributed by atoms with Crippen molar-refractivity contribution >= 4 is 11.6 Å². The average Bonchev–Trinajstić information content (AvgIpc) is 3.27. The first kappa shape index (κ1) is 25.0. The van der Waals surface area contributed by atoms with Gasteiger partial charge < -0.3 is 10.1 Å². The second-order valence-electron chi connectivity index (χ2n) is 8.28. The summed E-state index contributed by atoms with van der Waals surface area (Å²) in [4.78, 5) is 14.3. The summed E-state index contributed by atoms with van der Waals surface area (Å²) in [6.07, 6.45) is -2.67. The Morgan fingerprint density at radius 3 is 2.33 bits per heavy atom. The highest BCUT2D eigenvalue weighted by atomic mass is 19.4. The number of hydrogen-bond acceptors (Lipinski definition) is 4. The molecule has 1 N–H and O–H groups in total. The monoisotopic (exact) mass is 494 g/mol. The number of nitrogens with zero attached hydrogens (tertiary/aromatic N) is 3. The van der Waals surface area contributed by atoms with Crippen LogP contribution >= 0.6 is 0 Å². The van der Waals surface area contributed by atoms with Crippen LogP contribution in [0.15, 0.2) is 85.1 Å². The minimum absolute atomic E-state index is 0.106. The molecular formula is C27H25F3N4O2. The van der Waals surface area contributed by atoms with E-state index in [2.05, 4.69) is 5.32 Å². The Morgan fingerprint density at radius 1 is 1.00 bits per heavy atom. The molecule has 0 spiro atoms. The van der Waals surface area contributed by atoms with Gasteiger partial charge in [0, 0.05) is 23.9 Å². The van der Waals surface area contributed by atoms with E-state index in [0.29, 0.717) is 6.54 Å². The van der Waals surface area contributed by atoms with E-state index in [1.54, 1.807) is 23.7 Å². The van der Waals surface area contributed by atoms with Crippen LogP contribution in [-0.2, 0) is 17.5 Å². The van der Waals surface area contributed by atoms with Gasteiger partial charge in [0.15, 0.2) is 0 Å². The predicted octanol–water partition coefficient (Wildman–Crippen LogP) is 5.64. The van der Waals surface area contributed by atoms with E-state index >= 15 is 0 Å². The van der Waals surface area contributed by atoms with Crippen LogP contribution in [0.1, 0.15) is 11.1 Å². The van der Waals surface area contributed by atoms with Crippen LogP contribution in [0, 0.1) is 0 Å². The minimum atomic E-state index is -4.56. The van der Waals surface area contributed by atoms with Gasteiger partial charge in [-0.2, -0.15) is 18.3 Å². The van der Waals surface area contributed by atoms with Gasteiger partial charge >= 0.3 is 6.18 Å². The van der Waals surface area contributed by atoms with E-state index in [-0.39, 0.29) is 12.2 Å². The zero-order valence-electron chi connectivity index (χ0n) is 19.8. The summed E-state index contributed by atoms with van der Waals surface area (Å²) in [6, 6.07) is 22.0. The van der Waals surface area contributed by atoms with E-state index in [9.17, 15) is 18.0 Å². The Labute approximate surface area is 206 Å². The zero-order valence-corrected chi connectivity index (χ0v) is 19.8. The fourth-order valence-electron chi connectivity index (χ4n) is 3.85. The summed E-state index contributed by atoms with van der Waals surface area (Å²) in [5, 5.41) is 7.16. The third-order valence-electron chi connectivity index (χ3n) is 5.53. The maximum Gasteiger partial charge on any atom is 0.418 e. The van der Waals surface area contributed by atoms with Gasteiger partial charge in [-0.15, -0.1) is 0 Å². The summed E-state index contributed by atoms with van der Waals surface area (Å²) in [6.45, 7) is 0.243. The predicted molar refractivity (Wildman–Crippen MR) is 132 cm³/mol. The second-order valence-corrected chi connectivity index (χ2v) is 8.28. The molecule has 4 rings (SSSR count). The number of likely N-dealkylation sites (N-methyl/N-ethyl adjacent to an activating group) is 1. The molecular weight excluding hydrogens is 469 g/mol. The highest BCUT2D eigenvalue weighted by molar-refractivity contribution is 5.93. The quantitative estimate of drug-likeness (QED) is 0.345. The fourth-order valence-corrected chi connectivity index (χ4v) is 3.85. The number of carbonyl (C=O) groups is 1. The largest absolute Gasteiger partial charge is 0.497 e. The smallest absolute Gasteiger partial charge is 0.418 e. The lowest BCUT2D eigenvalue weighted by Crippen LogP contribution is -2.30. The van der Waals surface area contributed by atoms with Gasteiger partial charge in [0.05, 0.1) is 36.3 Å². The maximum atomic E-state index is 13.3. The third-order valence-corrected chi connectivity index (χ3v) is 5.53. The van der Waals surface area contributed by atoms with Crippen LogP contribution in [-0.4, -0.2) is 41.3 Å². The van der Waals surface area contributed by atoms with E-state index < -0.39 is 17.6 Å². The minimum Gasteiger partial charge on any atom is -0.497 e. The van der Waals surface area contributed by atoms with Gasteiger partial charge in [-0.05, 0) is 55.6 Å². The van der Waals surface area contributed by atoms with Crippen molar-refractivity contribution < 1.29 is 22.7 Å². The highest BCUT2D eigenvalue weighted by Gasteiger charge is 2.33. The molecule has 6 nitrogen and oxygen atoms in total. The lowest BCUT2D eigenvalue weighted by Gasteiger charge is -2.18. The first-order chi connectivity index (χ1) is 17.2. The van der Waals surface area contributed by atoms with Crippen molar-refractivity contribution in [2.75, 3.05) is 26.0 Å². The van der Waals surface area contributed by atoms with Crippen LogP contribution in [0.2, 0.25) is 0 Å². The number of benzene rings is 3. The summed E-state index contributed by atoms with van der Waals surface area (Å²) in [5.74, 6) is 0.173. The Morgan fingerprint density at radius 2 is 1.67 bits per heavy atom. The van der Waals surface area contributed by atoms with Gasteiger partial charge in [0.2, 0.25) is 5.91 Å². The number of aromatic nitrogens is 2. The molecule has 3 aromatic carbocycles. The Bertz CT molecular complexity index is 1320. The SMILES string of the molecule is COc1ccc(-c2nn(-c3ccccc3)cc2CN(C)CC(=O)Nc2ccccc2C(F)(F)F)cc1. The lowest BCUT2D eigenvalue weighted by atomic mass is 10.1. The van der Waals surface area contributed by atoms with Gasteiger partial charge in [0.25, 0.3) is 0 Å². The molecule has 9 heteroatoms. The molecule has 0 saturated carbocycles. The van der Waals surface area contributed by atoms with E-state index in [1.807, 2.05) is 60.8 Å². The van der Waals surface area contributed by atoms with Gasteiger partial charge in [0.1, 0.15) is 5.75 Å². The number of alkyl halides is 3. The van der Waals surface area contributed by atoms with Crippen molar-refractivity contribution in [3.05, 3.63) is 96.2 Å². The van der Waals surface area contributed by atoms with Crippen LogP contribution in [0.5, 0.6) is 5.75 Å². The number of halogens is 3. The number of hydrogen-bond donors (Lipinski definition) is 1. The molecule has 0 bridgehead atoms. The van der Waals surface area contributed by atoms with E-state index in [4.69, 9.17) is 9.84 Å². The van der Waals surface area contributed by atoms with Crippen LogP contribution < -0.4 is 10.1 Å². The van der Waals surface area contributed by atoms with Crippen molar-refractivity contribution in [3.8, 4) is 22.7 Å². The molecule has 0 aliphatic heterocycles. The molecule has 0 saturated heterocycles. The molecule has 1 aromatic heterocycles. The van der Waals surface area contributed by atoms with Gasteiger partial charge in [-0.25, -0.2) is 4.68 Å². The topological polar surface area (TPSA) is 59.4 Å². The van der Waals surface area contributed by atoms with Crippen molar-refractivity contribution in [1.82, 2.24) is 14.7 Å². The molecule has 0 aliphatic carbocycles. The number of amides is 1. The molecule has 0 radical (unpaired) electrons. The Hall–Kier alpha value is -4.11. The Balaban J connectivity index is 1.54. The molecule has 0 atom stereocenters. The Kier molecular flexibility index (Phi) is 7.40. The third kappa shape index (κ3) is 5.92. The number of para-hydroxylation sites is 2. The molecule has 0 unspecified atom stereocenters. The summed E-state index contributed by atoms with van der Waals surface area (Å²) in [5.41, 5.74) is 2.19. The summed E-state index contributed by atoms with van der Waals surface area (Å²) >= 11 is 0. The number of methoxy groups -OCH3 is 1.